The monoisotopic (exact) mass is 887 g/mol. The van der Waals surface area contributed by atoms with Crippen LogP contribution in [0.25, 0.3) is 10.6 Å². The Morgan fingerprint density at radius 1 is 0.629 bits per heavy atom. The molecule has 0 fully saturated rings. The minimum absolute atomic E-state index is 0.0966. The molecule has 19 N–H and O–H groups in total. The molecule has 22 nitrogen and oxygen atoms in total. The van der Waals surface area contributed by atoms with Crippen molar-refractivity contribution in [3.05, 3.63) is 29.3 Å². The predicted octanol–water partition coefficient (Wildman–Crippen LogP) is -1.07. The highest BCUT2D eigenvalue weighted by atomic mass is 32.1. The number of guanidine groups is 2. The summed E-state index contributed by atoms with van der Waals surface area (Å²) in [4.78, 5) is 93.8. The number of thiophene rings is 1. The lowest BCUT2D eigenvalue weighted by atomic mass is 10.1. The van der Waals surface area contributed by atoms with E-state index in [-0.39, 0.29) is 80.3 Å². The molecule has 0 unspecified atom stereocenters. The summed E-state index contributed by atoms with van der Waals surface area (Å²) >= 11 is 1.31. The average Bonchev–Trinajstić information content (AvgIpc) is 3.73. The van der Waals surface area contributed by atoms with Crippen molar-refractivity contribution >= 4 is 64.6 Å². The number of amides is 6. The number of unbranched alkanes of at least 4 members (excludes halogenated alkanes) is 5. The van der Waals surface area contributed by atoms with Crippen molar-refractivity contribution in [3.63, 3.8) is 0 Å². The number of nitrogens with one attached hydrogen (secondary N) is 5. The van der Waals surface area contributed by atoms with Crippen LogP contribution in [0.4, 0.5) is 5.95 Å². The van der Waals surface area contributed by atoms with Gasteiger partial charge in [-0.1, -0.05) is 12.8 Å². The van der Waals surface area contributed by atoms with E-state index in [0.717, 1.165) is 4.88 Å². The van der Waals surface area contributed by atoms with Gasteiger partial charge in [0, 0.05) is 45.2 Å². The first kappa shape index (κ1) is 52.0. The van der Waals surface area contributed by atoms with Gasteiger partial charge in [-0.2, -0.15) is 0 Å². The molecule has 2 heterocycles. The van der Waals surface area contributed by atoms with Gasteiger partial charge in [0.05, 0.1) is 15.4 Å². The summed E-state index contributed by atoms with van der Waals surface area (Å²) < 4.78 is 0. The molecule has 62 heavy (non-hydrogen) atoms. The van der Waals surface area contributed by atoms with E-state index in [9.17, 15) is 28.8 Å². The molecule has 0 aliphatic carbocycles. The number of primary amides is 1. The Hall–Kier alpha value is -6.10. The Kier molecular flexibility index (Phi) is 25.2. The van der Waals surface area contributed by atoms with Crippen LogP contribution in [-0.4, -0.2) is 108 Å². The zero-order chi connectivity index (χ0) is 45.7. The molecule has 2 aromatic rings. The summed E-state index contributed by atoms with van der Waals surface area (Å²) in [5.41, 5.74) is 38.9. The molecule has 2 rings (SSSR count). The number of nitrogens with two attached hydrogens (primary N) is 7. The maximum absolute atomic E-state index is 13.2. The van der Waals surface area contributed by atoms with Crippen LogP contribution in [0.15, 0.2) is 34.4 Å². The lowest BCUT2D eigenvalue weighted by Crippen LogP contribution is -2.53. The summed E-state index contributed by atoms with van der Waals surface area (Å²) in [5.74, 6) is -2.46. The van der Waals surface area contributed by atoms with Gasteiger partial charge in [-0.25, -0.2) is 9.97 Å². The van der Waals surface area contributed by atoms with E-state index in [4.69, 9.17) is 40.1 Å². The van der Waals surface area contributed by atoms with Crippen LogP contribution in [0.5, 0.6) is 0 Å². The third kappa shape index (κ3) is 22.5. The molecule has 0 aromatic carbocycles. The Bertz CT molecular complexity index is 1780. The summed E-state index contributed by atoms with van der Waals surface area (Å²) in [6.07, 6.45) is 8.50. The van der Waals surface area contributed by atoms with E-state index >= 15 is 0 Å². The molecule has 23 heteroatoms. The third-order valence-corrected chi connectivity index (χ3v) is 10.4. The van der Waals surface area contributed by atoms with Crippen LogP contribution in [0.1, 0.15) is 106 Å². The Morgan fingerprint density at radius 3 is 1.76 bits per heavy atom. The number of rotatable bonds is 32. The second kappa shape index (κ2) is 30.0. The zero-order valence-electron chi connectivity index (χ0n) is 35.4. The highest BCUT2D eigenvalue weighted by Crippen LogP contribution is 2.26. The molecule has 344 valence electrons. The molecule has 6 amide bonds. The molecule has 0 saturated carbocycles. The predicted molar refractivity (Wildman–Crippen MR) is 240 cm³/mol. The standard InChI is InChI=1S/C39H66N16O6S/c40-19-6-5-11-27(52-31(56)14-4-2-8-21-48-36(61)30-17-16-29(62-30)25-18-24-51-39(46)55-25)34(59)47-20-7-1-3-15-32(57)53-28(13-10-23-50-38(44)45)35(60)54-26(33(41)58)12-9-22-49-37(42)43/h16-18,24,26-28H,1-15,19-23,40H2,(H2,41,58)(H,47,59)(H,48,61)(H,52,56)(H,53,57)(H,54,60)(H4,42,43,49)(H4,44,45,50)(H2,46,51,55)/t26-,27-,28-/m1/s1. The molecule has 2 aromatic heterocycles. The summed E-state index contributed by atoms with van der Waals surface area (Å²) in [7, 11) is 0. The van der Waals surface area contributed by atoms with E-state index < -0.39 is 29.9 Å². The van der Waals surface area contributed by atoms with Gasteiger partial charge in [0.15, 0.2) is 11.9 Å². The third-order valence-electron chi connectivity index (χ3n) is 9.30. The van der Waals surface area contributed by atoms with Crippen molar-refractivity contribution in [1.29, 1.82) is 0 Å². The van der Waals surface area contributed by atoms with Crippen molar-refractivity contribution in [3.8, 4) is 10.6 Å². The molecule has 0 aliphatic rings. The van der Waals surface area contributed by atoms with E-state index in [1.54, 1.807) is 18.3 Å². The summed E-state index contributed by atoms with van der Waals surface area (Å²) in [6, 6.07) is 2.59. The maximum Gasteiger partial charge on any atom is 0.261 e. The summed E-state index contributed by atoms with van der Waals surface area (Å²) in [5, 5.41) is 14.0. The number of carbonyl (C=O) groups excluding carboxylic acids is 6. The van der Waals surface area contributed by atoms with Gasteiger partial charge in [0.1, 0.15) is 18.1 Å². The van der Waals surface area contributed by atoms with Crippen molar-refractivity contribution in [1.82, 2.24) is 36.6 Å². The Morgan fingerprint density at radius 2 is 1.19 bits per heavy atom. The smallest absolute Gasteiger partial charge is 0.261 e. The van der Waals surface area contributed by atoms with Gasteiger partial charge in [-0.05, 0) is 95.4 Å². The SMILES string of the molecule is NCCCC[C@@H](NC(=O)CCCCCNC(=O)c1ccc(-c2ccnc(N)n2)s1)C(=O)NCCCCCC(=O)N[C@H](CCCN=C(N)N)C(=O)N[C@H](CCCN=C(N)N)C(N)=O. The lowest BCUT2D eigenvalue weighted by molar-refractivity contribution is -0.131. The zero-order valence-corrected chi connectivity index (χ0v) is 36.2. The molecule has 0 saturated heterocycles. The van der Waals surface area contributed by atoms with E-state index in [0.29, 0.717) is 101 Å². The number of aliphatic imine (C=N–C) groups is 2. The summed E-state index contributed by atoms with van der Waals surface area (Å²) in [6.45, 7) is 1.73. The van der Waals surface area contributed by atoms with Gasteiger partial charge in [-0.15, -0.1) is 11.3 Å². The highest BCUT2D eigenvalue weighted by molar-refractivity contribution is 7.17. The van der Waals surface area contributed by atoms with E-state index in [2.05, 4.69) is 46.5 Å². The number of aromatic nitrogens is 2. The van der Waals surface area contributed by atoms with Gasteiger partial charge in [0.2, 0.25) is 35.5 Å². The van der Waals surface area contributed by atoms with Crippen LogP contribution in [-0.2, 0) is 24.0 Å². The van der Waals surface area contributed by atoms with Crippen molar-refractivity contribution in [2.45, 2.75) is 114 Å². The highest BCUT2D eigenvalue weighted by Gasteiger charge is 2.25. The van der Waals surface area contributed by atoms with E-state index in [1.165, 1.54) is 11.3 Å². The van der Waals surface area contributed by atoms with Crippen molar-refractivity contribution < 1.29 is 28.8 Å². The molecule has 0 spiro atoms. The number of carbonyl (C=O) groups is 6. The second-order valence-corrected chi connectivity index (χ2v) is 15.6. The van der Waals surface area contributed by atoms with Crippen LogP contribution in [0.3, 0.4) is 0 Å². The Labute approximate surface area is 366 Å². The van der Waals surface area contributed by atoms with E-state index in [1.807, 2.05) is 6.07 Å². The number of nitrogen functional groups attached to an aromatic ring is 1. The fraction of sp³-hybridized carbons (Fsp3) is 0.590. The van der Waals surface area contributed by atoms with Crippen molar-refractivity contribution in [2.75, 3.05) is 38.5 Å². The molecular formula is C39H66N16O6S. The van der Waals surface area contributed by atoms with Gasteiger partial charge in [0.25, 0.3) is 5.91 Å². The molecule has 0 radical (unpaired) electrons. The number of anilines is 1. The number of nitrogens with zero attached hydrogens (tertiary/aromatic N) is 4. The quantitative estimate of drug-likeness (QED) is 0.0237. The average molecular weight is 887 g/mol. The second-order valence-electron chi connectivity index (χ2n) is 14.5. The first-order chi connectivity index (χ1) is 29.7. The normalized spacial score (nSPS) is 12.2. The topological polar surface area (TPSA) is 395 Å². The van der Waals surface area contributed by atoms with Crippen molar-refractivity contribution in [2.24, 2.45) is 44.4 Å². The van der Waals surface area contributed by atoms with Gasteiger partial charge < -0.3 is 66.7 Å². The van der Waals surface area contributed by atoms with Crippen LogP contribution in [0.2, 0.25) is 0 Å². The Balaban J connectivity index is 1.74. The number of hydrogen-bond acceptors (Lipinski definition) is 13. The molecular weight excluding hydrogens is 821 g/mol. The van der Waals surface area contributed by atoms with Crippen LogP contribution in [0, 0.1) is 0 Å². The fourth-order valence-electron chi connectivity index (χ4n) is 6.04. The van der Waals surface area contributed by atoms with Crippen LogP contribution >= 0.6 is 11.3 Å². The lowest BCUT2D eigenvalue weighted by Gasteiger charge is -2.22. The number of hydrogen-bond donors (Lipinski definition) is 12. The van der Waals surface area contributed by atoms with Gasteiger partial charge >= 0.3 is 0 Å². The fourth-order valence-corrected chi connectivity index (χ4v) is 6.93. The van der Waals surface area contributed by atoms with Crippen LogP contribution < -0.4 is 66.7 Å². The maximum atomic E-state index is 13.2. The molecule has 3 atom stereocenters. The minimum Gasteiger partial charge on any atom is -0.370 e. The molecule has 0 aliphatic heterocycles. The first-order valence-corrected chi connectivity index (χ1v) is 21.8. The minimum atomic E-state index is -0.999. The molecule has 0 bridgehead atoms. The van der Waals surface area contributed by atoms with Gasteiger partial charge in [-0.3, -0.25) is 38.8 Å². The largest absolute Gasteiger partial charge is 0.370 e. The first-order valence-electron chi connectivity index (χ1n) is 20.9.